The third kappa shape index (κ3) is 1.78. The molecule has 0 saturated heterocycles. The molecule has 5 heteroatoms. The highest BCUT2D eigenvalue weighted by Gasteiger charge is 2.34. The van der Waals surface area contributed by atoms with E-state index in [2.05, 4.69) is 4.85 Å². The molecule has 1 aromatic rings. The zero-order valence-electron chi connectivity index (χ0n) is 6.19. The first kappa shape index (κ1) is 9.52. The van der Waals surface area contributed by atoms with E-state index in [1.165, 1.54) is 0 Å². The van der Waals surface area contributed by atoms with E-state index in [1.807, 2.05) is 0 Å². The average Bonchev–Trinajstić information content (AvgIpc) is 2.02. The van der Waals surface area contributed by atoms with Gasteiger partial charge in [0.1, 0.15) is 5.82 Å². The van der Waals surface area contributed by atoms with Crippen LogP contribution in [-0.4, -0.2) is 0 Å². The summed E-state index contributed by atoms with van der Waals surface area (Å²) in [6, 6.07) is 2.60. The van der Waals surface area contributed by atoms with E-state index in [-0.39, 0.29) is 0 Å². The van der Waals surface area contributed by atoms with Gasteiger partial charge in [0.2, 0.25) is 5.69 Å². The van der Waals surface area contributed by atoms with Gasteiger partial charge < -0.3 is 0 Å². The van der Waals surface area contributed by atoms with Gasteiger partial charge >= 0.3 is 6.18 Å². The third-order valence-corrected chi connectivity index (χ3v) is 1.40. The molecule has 0 aliphatic rings. The van der Waals surface area contributed by atoms with Gasteiger partial charge in [0.05, 0.1) is 12.1 Å². The average molecular weight is 189 g/mol. The Morgan fingerprint density at radius 2 is 1.85 bits per heavy atom. The molecule has 0 spiro atoms. The predicted octanol–water partition coefficient (Wildman–Crippen LogP) is 3.40. The summed E-state index contributed by atoms with van der Waals surface area (Å²) in [5.74, 6) is -1.51. The summed E-state index contributed by atoms with van der Waals surface area (Å²) in [6.45, 7) is 6.40. The number of benzene rings is 1. The SMILES string of the molecule is [C-]#[N+]c1cccc(C(F)(F)F)c1F. The smallest absolute Gasteiger partial charge is 0.235 e. The summed E-state index contributed by atoms with van der Waals surface area (Å²) < 4.78 is 48.9. The Morgan fingerprint density at radius 1 is 1.23 bits per heavy atom. The van der Waals surface area contributed by atoms with Crippen LogP contribution in [0.1, 0.15) is 5.56 Å². The van der Waals surface area contributed by atoms with Gasteiger partial charge in [0, 0.05) is 0 Å². The minimum atomic E-state index is -4.75. The summed E-state index contributed by atoms with van der Waals surface area (Å²) in [5.41, 5.74) is -2.02. The van der Waals surface area contributed by atoms with Crippen LogP contribution in [0.3, 0.4) is 0 Å². The normalized spacial score (nSPS) is 11.0. The number of halogens is 4. The van der Waals surface area contributed by atoms with Crippen LogP contribution < -0.4 is 0 Å². The standard InChI is InChI=1S/C8H3F4N/c1-13-6-4-2-3-5(7(6)9)8(10,11)12/h2-4H. The second-order valence-corrected chi connectivity index (χ2v) is 2.25. The van der Waals surface area contributed by atoms with Crippen LogP contribution in [0.25, 0.3) is 4.85 Å². The molecule has 0 heterocycles. The largest absolute Gasteiger partial charge is 0.417 e. The molecule has 0 atom stereocenters. The first-order chi connectivity index (χ1) is 5.96. The van der Waals surface area contributed by atoms with E-state index < -0.39 is 23.2 Å². The summed E-state index contributed by atoms with van der Waals surface area (Å²) in [7, 11) is 0. The molecular weight excluding hydrogens is 186 g/mol. The van der Waals surface area contributed by atoms with Crippen LogP contribution in [0.2, 0.25) is 0 Å². The quantitative estimate of drug-likeness (QED) is 0.435. The monoisotopic (exact) mass is 189 g/mol. The molecule has 0 unspecified atom stereocenters. The predicted molar refractivity (Wildman–Crippen MR) is 37.7 cm³/mol. The Hall–Kier alpha value is -1.57. The van der Waals surface area contributed by atoms with Crippen molar-refractivity contribution in [2.45, 2.75) is 6.18 Å². The van der Waals surface area contributed by atoms with Crippen LogP contribution in [0.15, 0.2) is 18.2 Å². The van der Waals surface area contributed by atoms with Gasteiger partial charge in [-0.2, -0.15) is 13.2 Å². The maximum Gasteiger partial charge on any atom is 0.417 e. The van der Waals surface area contributed by atoms with Crippen LogP contribution in [0.4, 0.5) is 23.2 Å². The van der Waals surface area contributed by atoms with Crippen molar-refractivity contribution >= 4 is 5.69 Å². The molecule has 0 amide bonds. The van der Waals surface area contributed by atoms with E-state index in [0.29, 0.717) is 6.07 Å². The number of hydrogen-bond donors (Lipinski definition) is 0. The molecule has 0 radical (unpaired) electrons. The minimum Gasteiger partial charge on any atom is -0.235 e. The lowest BCUT2D eigenvalue weighted by Gasteiger charge is -2.07. The van der Waals surface area contributed by atoms with E-state index in [4.69, 9.17) is 6.57 Å². The lowest BCUT2D eigenvalue weighted by molar-refractivity contribution is -0.139. The zero-order valence-corrected chi connectivity index (χ0v) is 6.19. The molecule has 68 valence electrons. The fourth-order valence-corrected chi connectivity index (χ4v) is 0.825. The van der Waals surface area contributed by atoms with Gasteiger partial charge in [-0.25, -0.2) is 9.24 Å². The number of rotatable bonds is 0. The summed E-state index contributed by atoms with van der Waals surface area (Å²) in [6.07, 6.45) is -4.75. The molecule has 1 aromatic carbocycles. The van der Waals surface area contributed by atoms with Crippen molar-refractivity contribution in [1.29, 1.82) is 0 Å². The van der Waals surface area contributed by atoms with E-state index in [0.717, 1.165) is 12.1 Å². The molecule has 1 rings (SSSR count). The molecule has 0 N–H and O–H groups in total. The number of alkyl halides is 3. The molecule has 0 saturated carbocycles. The van der Waals surface area contributed by atoms with Crippen molar-refractivity contribution < 1.29 is 17.6 Å². The summed E-state index contributed by atoms with van der Waals surface area (Å²) in [4.78, 5) is 2.62. The van der Waals surface area contributed by atoms with Crippen molar-refractivity contribution in [2.75, 3.05) is 0 Å². The van der Waals surface area contributed by atoms with Gasteiger partial charge in [0.15, 0.2) is 0 Å². The van der Waals surface area contributed by atoms with Gasteiger partial charge in [-0.3, -0.25) is 0 Å². The van der Waals surface area contributed by atoms with Gasteiger partial charge in [-0.05, 0) is 6.07 Å². The Kier molecular flexibility index (Phi) is 2.24. The molecule has 0 aromatic heterocycles. The third-order valence-electron chi connectivity index (χ3n) is 1.40. The Bertz CT molecular complexity index is 361. The molecule has 0 aliphatic carbocycles. The Balaban J connectivity index is 3.34. The van der Waals surface area contributed by atoms with E-state index >= 15 is 0 Å². The van der Waals surface area contributed by atoms with Crippen molar-refractivity contribution in [3.63, 3.8) is 0 Å². The Labute approximate surface area is 71.4 Å². The van der Waals surface area contributed by atoms with Gasteiger partial charge in [0.25, 0.3) is 0 Å². The highest BCUT2D eigenvalue weighted by Crippen LogP contribution is 2.34. The van der Waals surface area contributed by atoms with Gasteiger partial charge in [-0.1, -0.05) is 12.1 Å². The first-order valence-corrected chi connectivity index (χ1v) is 3.20. The zero-order chi connectivity index (χ0) is 10.1. The minimum absolute atomic E-state index is 0.601. The molecule has 0 aliphatic heterocycles. The summed E-state index contributed by atoms with van der Waals surface area (Å²) >= 11 is 0. The van der Waals surface area contributed by atoms with Crippen molar-refractivity contribution in [2.24, 2.45) is 0 Å². The fourth-order valence-electron chi connectivity index (χ4n) is 0.825. The second kappa shape index (κ2) is 3.05. The van der Waals surface area contributed by atoms with Crippen molar-refractivity contribution in [3.05, 3.63) is 41.0 Å². The Morgan fingerprint density at radius 3 is 2.31 bits per heavy atom. The van der Waals surface area contributed by atoms with Crippen molar-refractivity contribution in [1.82, 2.24) is 0 Å². The van der Waals surface area contributed by atoms with Crippen LogP contribution in [0.5, 0.6) is 0 Å². The lowest BCUT2D eigenvalue weighted by Crippen LogP contribution is -2.07. The molecule has 0 bridgehead atoms. The maximum absolute atomic E-state index is 12.8. The highest BCUT2D eigenvalue weighted by molar-refractivity contribution is 5.49. The lowest BCUT2D eigenvalue weighted by atomic mass is 10.2. The molecule has 13 heavy (non-hydrogen) atoms. The van der Waals surface area contributed by atoms with E-state index in [1.54, 1.807) is 0 Å². The summed E-state index contributed by atoms with van der Waals surface area (Å²) in [5, 5.41) is 0. The second-order valence-electron chi connectivity index (χ2n) is 2.25. The van der Waals surface area contributed by atoms with Crippen molar-refractivity contribution in [3.8, 4) is 0 Å². The molecular formula is C8H3F4N. The van der Waals surface area contributed by atoms with E-state index in [9.17, 15) is 17.6 Å². The maximum atomic E-state index is 12.8. The van der Waals surface area contributed by atoms with Crippen LogP contribution in [0, 0.1) is 12.4 Å². The number of hydrogen-bond acceptors (Lipinski definition) is 0. The van der Waals surface area contributed by atoms with Crippen LogP contribution in [-0.2, 0) is 6.18 Å². The highest BCUT2D eigenvalue weighted by atomic mass is 19.4. The van der Waals surface area contributed by atoms with Crippen LogP contribution >= 0.6 is 0 Å². The fraction of sp³-hybridized carbons (Fsp3) is 0.125. The topological polar surface area (TPSA) is 4.36 Å². The first-order valence-electron chi connectivity index (χ1n) is 3.20. The number of nitrogens with zero attached hydrogens (tertiary/aromatic N) is 1. The molecule has 0 fully saturated rings. The molecule has 1 nitrogen and oxygen atoms in total. The van der Waals surface area contributed by atoms with Gasteiger partial charge in [-0.15, -0.1) is 0 Å².